The van der Waals surface area contributed by atoms with Crippen molar-refractivity contribution in [3.05, 3.63) is 168 Å². The summed E-state index contributed by atoms with van der Waals surface area (Å²) in [4.78, 5) is 0. The van der Waals surface area contributed by atoms with Crippen LogP contribution in [0.15, 0.2) is 146 Å². The second-order valence-corrected chi connectivity index (χ2v) is 8.23. The number of fused-ring (bicyclic) bond motifs is 1. The molecule has 1 unspecified atom stereocenters. The van der Waals surface area contributed by atoms with Crippen molar-refractivity contribution < 1.29 is 0 Å². The first-order valence-corrected chi connectivity index (χ1v) is 11.7. The number of benzene rings is 3. The summed E-state index contributed by atoms with van der Waals surface area (Å²) in [6.45, 7) is 12.0. The van der Waals surface area contributed by atoms with Crippen LogP contribution >= 0.6 is 0 Å². The lowest BCUT2D eigenvalue weighted by atomic mass is 9.66. The van der Waals surface area contributed by atoms with Crippen LogP contribution in [0.25, 0.3) is 5.57 Å². The molecule has 1 nitrogen and oxygen atoms in total. The van der Waals surface area contributed by atoms with Crippen LogP contribution in [0.1, 0.15) is 36.1 Å². The molecule has 1 aliphatic rings. The molecule has 1 N–H and O–H groups in total. The number of allylic oxidation sites excluding steroid dienone is 9. The molecule has 0 fully saturated rings. The minimum Gasteiger partial charge on any atom is -0.356 e. The van der Waals surface area contributed by atoms with E-state index in [0.717, 1.165) is 11.4 Å². The molecule has 4 rings (SSSR count). The van der Waals surface area contributed by atoms with Crippen molar-refractivity contribution >= 4 is 11.3 Å². The summed E-state index contributed by atoms with van der Waals surface area (Å²) in [5, 5.41) is 3.49. The van der Waals surface area contributed by atoms with E-state index >= 15 is 0 Å². The Bertz CT molecular complexity index is 1300. The second-order valence-electron chi connectivity index (χ2n) is 8.23. The van der Waals surface area contributed by atoms with Crippen molar-refractivity contribution in [2.75, 3.05) is 5.32 Å². The molecule has 1 heteroatoms. The Kier molecular flexibility index (Phi) is 6.94. The van der Waals surface area contributed by atoms with Crippen molar-refractivity contribution in [3.8, 4) is 0 Å². The highest BCUT2D eigenvalue weighted by molar-refractivity contribution is 5.91. The van der Waals surface area contributed by atoms with Gasteiger partial charge in [-0.05, 0) is 65.5 Å². The summed E-state index contributed by atoms with van der Waals surface area (Å²) < 4.78 is 0. The molecule has 3 aromatic carbocycles. The summed E-state index contributed by atoms with van der Waals surface area (Å²) in [6.07, 6.45) is 14.2. The van der Waals surface area contributed by atoms with Crippen LogP contribution in [0.4, 0.5) is 5.69 Å². The Morgan fingerprint density at radius 3 is 2.15 bits per heavy atom. The minimum atomic E-state index is -0.418. The van der Waals surface area contributed by atoms with Gasteiger partial charge in [-0.2, -0.15) is 0 Å². The molecule has 1 aliphatic carbocycles. The smallest absolute Gasteiger partial charge is 0.0713 e. The number of nitrogens with one attached hydrogen (secondary N) is 1. The van der Waals surface area contributed by atoms with Crippen LogP contribution in [0.3, 0.4) is 0 Å². The molecular formula is C33H31N. The first kappa shape index (κ1) is 23.1. The highest BCUT2D eigenvalue weighted by Gasteiger charge is 2.45. The van der Waals surface area contributed by atoms with E-state index < -0.39 is 5.41 Å². The van der Waals surface area contributed by atoms with Gasteiger partial charge in [-0.1, -0.05) is 116 Å². The number of hydrogen-bond acceptors (Lipinski definition) is 1. The highest BCUT2D eigenvalue weighted by Crippen LogP contribution is 2.55. The standard InChI is InChI=1S/C33H31N/c1-5-9-18-27(7-3)34-28-23-21-26(22-24-28)33(25-16-11-10-12-17-25)31(15-6-2)29(8-4)30-19-13-14-20-32(30)33/h5-24,34H,1,4H2,2-3H3/b15-6-,18-9-,27-7+. The molecular weight excluding hydrogens is 410 g/mol. The van der Waals surface area contributed by atoms with Crippen LogP contribution in [-0.4, -0.2) is 0 Å². The Morgan fingerprint density at radius 2 is 1.50 bits per heavy atom. The van der Waals surface area contributed by atoms with Crippen LogP contribution < -0.4 is 5.32 Å². The molecule has 0 aromatic heterocycles. The summed E-state index contributed by atoms with van der Waals surface area (Å²) in [7, 11) is 0. The van der Waals surface area contributed by atoms with E-state index in [4.69, 9.17) is 0 Å². The van der Waals surface area contributed by atoms with Crippen molar-refractivity contribution in [3.63, 3.8) is 0 Å². The van der Waals surface area contributed by atoms with E-state index in [-0.39, 0.29) is 0 Å². The number of anilines is 1. The maximum Gasteiger partial charge on any atom is 0.0713 e. The van der Waals surface area contributed by atoms with Gasteiger partial charge in [0, 0.05) is 11.4 Å². The summed E-state index contributed by atoms with van der Waals surface area (Å²) >= 11 is 0. The van der Waals surface area contributed by atoms with Crippen molar-refractivity contribution in [1.82, 2.24) is 0 Å². The van der Waals surface area contributed by atoms with Gasteiger partial charge in [0.25, 0.3) is 0 Å². The second kappa shape index (κ2) is 10.2. The Balaban J connectivity index is 1.94. The van der Waals surface area contributed by atoms with Crippen LogP contribution in [0.2, 0.25) is 0 Å². The molecule has 0 saturated heterocycles. The highest BCUT2D eigenvalue weighted by atomic mass is 14.9. The van der Waals surface area contributed by atoms with Crippen LogP contribution in [0.5, 0.6) is 0 Å². The summed E-state index contributed by atoms with van der Waals surface area (Å²) in [5.74, 6) is 0. The van der Waals surface area contributed by atoms with E-state index in [1.807, 2.05) is 25.2 Å². The monoisotopic (exact) mass is 441 g/mol. The van der Waals surface area contributed by atoms with Crippen LogP contribution in [0, 0.1) is 0 Å². The first-order chi connectivity index (χ1) is 16.7. The largest absolute Gasteiger partial charge is 0.356 e. The molecule has 0 aliphatic heterocycles. The van der Waals surface area contributed by atoms with Gasteiger partial charge in [0.1, 0.15) is 0 Å². The lowest BCUT2D eigenvalue weighted by molar-refractivity contribution is 0.761. The molecule has 3 aromatic rings. The van der Waals surface area contributed by atoms with Gasteiger partial charge in [0.05, 0.1) is 5.41 Å². The third-order valence-corrected chi connectivity index (χ3v) is 6.39. The van der Waals surface area contributed by atoms with Gasteiger partial charge in [0.15, 0.2) is 0 Å². The van der Waals surface area contributed by atoms with E-state index in [0.29, 0.717) is 0 Å². The zero-order valence-electron chi connectivity index (χ0n) is 20.0. The molecule has 1 atom stereocenters. The Morgan fingerprint density at radius 1 is 0.824 bits per heavy atom. The van der Waals surface area contributed by atoms with Gasteiger partial charge in [-0.3, -0.25) is 0 Å². The Labute approximate surface area is 203 Å². The third-order valence-electron chi connectivity index (χ3n) is 6.39. The van der Waals surface area contributed by atoms with Crippen molar-refractivity contribution in [2.24, 2.45) is 0 Å². The third kappa shape index (κ3) is 3.91. The number of hydrogen-bond donors (Lipinski definition) is 1. The minimum absolute atomic E-state index is 0.418. The molecule has 0 heterocycles. The molecule has 0 amide bonds. The first-order valence-electron chi connectivity index (χ1n) is 11.7. The van der Waals surface area contributed by atoms with Crippen molar-refractivity contribution in [1.29, 1.82) is 0 Å². The lowest BCUT2D eigenvalue weighted by Crippen LogP contribution is -2.29. The van der Waals surface area contributed by atoms with Gasteiger partial charge < -0.3 is 5.32 Å². The predicted molar refractivity (Wildman–Crippen MR) is 148 cm³/mol. The fourth-order valence-electron chi connectivity index (χ4n) is 4.97. The molecule has 34 heavy (non-hydrogen) atoms. The summed E-state index contributed by atoms with van der Waals surface area (Å²) in [5.41, 5.74) is 9.09. The van der Waals surface area contributed by atoms with Crippen molar-refractivity contribution in [2.45, 2.75) is 19.3 Å². The molecule has 0 spiro atoms. The maximum atomic E-state index is 4.19. The fourth-order valence-corrected chi connectivity index (χ4v) is 4.97. The lowest BCUT2D eigenvalue weighted by Gasteiger charge is -2.35. The number of rotatable bonds is 8. The van der Waals surface area contributed by atoms with Gasteiger partial charge in [0.2, 0.25) is 0 Å². The fraction of sp³-hybridized carbons (Fsp3) is 0.0909. The van der Waals surface area contributed by atoms with Gasteiger partial charge in [-0.15, -0.1) is 0 Å². The van der Waals surface area contributed by atoms with E-state index in [9.17, 15) is 0 Å². The molecule has 168 valence electrons. The Hall–Kier alpha value is -4.10. The zero-order valence-corrected chi connectivity index (χ0v) is 20.0. The molecule has 0 radical (unpaired) electrons. The quantitative estimate of drug-likeness (QED) is 0.345. The SMILES string of the molecule is C=C/C=C\C(=C/C)Nc1ccc(C2(c3ccccc3)C(/C=C\C)=C(C=C)c3ccccc32)cc1. The average Bonchev–Trinajstić information content (AvgIpc) is 3.17. The normalized spacial score (nSPS) is 17.9. The van der Waals surface area contributed by atoms with E-state index in [1.54, 1.807) is 6.08 Å². The zero-order chi connectivity index (χ0) is 24.0. The molecule has 0 saturated carbocycles. The average molecular weight is 442 g/mol. The van der Waals surface area contributed by atoms with Gasteiger partial charge in [-0.25, -0.2) is 0 Å². The van der Waals surface area contributed by atoms with Crippen LogP contribution in [-0.2, 0) is 5.41 Å². The maximum absolute atomic E-state index is 4.19. The van der Waals surface area contributed by atoms with E-state index in [1.165, 1.54) is 33.4 Å². The molecule has 0 bridgehead atoms. The van der Waals surface area contributed by atoms with E-state index in [2.05, 4.69) is 122 Å². The predicted octanol–water partition coefficient (Wildman–Crippen LogP) is 8.61. The topological polar surface area (TPSA) is 12.0 Å². The summed E-state index contributed by atoms with van der Waals surface area (Å²) in [6, 6.07) is 28.3. The van der Waals surface area contributed by atoms with Gasteiger partial charge >= 0.3 is 0 Å².